The molecular formula is C12H26N2O4S. The summed E-state index contributed by atoms with van der Waals surface area (Å²) in [7, 11) is -2.61. The molecule has 3 N–H and O–H groups in total. The molecule has 7 heteroatoms. The Morgan fingerprint density at radius 1 is 1.37 bits per heavy atom. The molecule has 1 amide bonds. The molecule has 0 unspecified atom stereocenters. The maximum absolute atomic E-state index is 11.6. The van der Waals surface area contributed by atoms with E-state index in [1.54, 1.807) is 11.2 Å². The van der Waals surface area contributed by atoms with Crippen LogP contribution in [0.15, 0.2) is 0 Å². The number of rotatable bonds is 3. The van der Waals surface area contributed by atoms with Crippen molar-refractivity contribution < 1.29 is 18.6 Å². The summed E-state index contributed by atoms with van der Waals surface area (Å²) in [5.41, 5.74) is -0.498. The minimum Gasteiger partial charge on any atom is -0.444 e. The van der Waals surface area contributed by atoms with E-state index in [2.05, 4.69) is 5.32 Å². The normalized spacial score (nSPS) is 20.1. The largest absolute Gasteiger partial charge is 0.444 e. The summed E-state index contributed by atoms with van der Waals surface area (Å²) in [6.45, 7) is 8.40. The Bertz CT molecular complexity index is 309. The van der Waals surface area contributed by atoms with E-state index >= 15 is 0 Å². The number of ether oxygens (including phenoxy) is 1. The maximum Gasteiger partial charge on any atom is 0.407 e. The lowest BCUT2D eigenvalue weighted by molar-refractivity contribution is 0.0489. The fourth-order valence-corrected chi connectivity index (χ4v) is 3.11. The van der Waals surface area contributed by atoms with E-state index in [0.29, 0.717) is 31.7 Å². The lowest BCUT2D eigenvalue weighted by Gasteiger charge is -2.45. The van der Waals surface area contributed by atoms with Gasteiger partial charge in [-0.3, -0.25) is 9.11 Å². The molecule has 1 saturated heterocycles. The molecule has 6 nitrogen and oxygen atoms in total. The zero-order valence-electron chi connectivity index (χ0n) is 12.2. The number of nitrogens with zero attached hydrogens (tertiary/aromatic N) is 1. The molecule has 1 heterocycles. The molecule has 0 aromatic carbocycles. The Hall–Kier alpha value is -0.500. The van der Waals surface area contributed by atoms with Gasteiger partial charge in [0.05, 0.1) is 5.75 Å². The van der Waals surface area contributed by atoms with Crippen molar-refractivity contribution in [1.82, 2.24) is 9.62 Å². The fourth-order valence-electron chi connectivity index (χ4n) is 1.95. The first kappa shape index (κ1) is 16.6. The standard InChI is InChI=1S/C12H26N2O4S/c1-5-19(16,17)14-8-6-10(7-9-14)13-11(15)18-12(2,3)4/h10,16-17H,5-9H2,1-4H3,(H,13,15). The zero-order chi connectivity index (χ0) is 14.7. The van der Waals surface area contributed by atoms with Crippen molar-refractivity contribution in [3.8, 4) is 0 Å². The van der Waals surface area contributed by atoms with E-state index in [0.717, 1.165) is 0 Å². The SMILES string of the molecule is CCS(O)(O)N1CCC(NC(=O)OC(C)(C)C)CC1. The fraction of sp³-hybridized carbons (Fsp3) is 0.917. The number of hydrogen-bond acceptors (Lipinski definition) is 5. The molecule has 0 aliphatic carbocycles. The van der Waals surface area contributed by atoms with Gasteiger partial charge in [0.2, 0.25) is 0 Å². The van der Waals surface area contributed by atoms with Crippen molar-refractivity contribution in [2.45, 2.75) is 52.2 Å². The first-order chi connectivity index (χ1) is 8.64. The van der Waals surface area contributed by atoms with Crippen LogP contribution >= 0.6 is 10.8 Å². The summed E-state index contributed by atoms with van der Waals surface area (Å²) in [6, 6.07) is 0.0400. The second-order valence-electron chi connectivity index (χ2n) is 5.77. The van der Waals surface area contributed by atoms with Crippen LogP contribution in [0, 0.1) is 0 Å². The maximum atomic E-state index is 11.6. The molecule has 1 aliphatic heterocycles. The average molecular weight is 294 g/mol. The van der Waals surface area contributed by atoms with Gasteiger partial charge in [0, 0.05) is 19.1 Å². The van der Waals surface area contributed by atoms with Gasteiger partial charge in [0.15, 0.2) is 0 Å². The second kappa shape index (κ2) is 6.30. The van der Waals surface area contributed by atoms with Crippen molar-refractivity contribution in [3.63, 3.8) is 0 Å². The van der Waals surface area contributed by atoms with Gasteiger partial charge in [-0.25, -0.2) is 9.10 Å². The summed E-state index contributed by atoms with van der Waals surface area (Å²) < 4.78 is 26.6. The number of hydrogen-bond donors (Lipinski definition) is 3. The molecular weight excluding hydrogens is 268 g/mol. The number of carbonyl (C=O) groups is 1. The van der Waals surface area contributed by atoms with Gasteiger partial charge in [0.1, 0.15) is 5.60 Å². The number of alkyl carbamates (subject to hydrolysis) is 1. The third kappa shape index (κ3) is 5.56. The smallest absolute Gasteiger partial charge is 0.407 e. The van der Waals surface area contributed by atoms with Gasteiger partial charge in [-0.05, 0) is 40.5 Å². The van der Waals surface area contributed by atoms with Crippen LogP contribution in [0.3, 0.4) is 0 Å². The Morgan fingerprint density at radius 2 is 1.89 bits per heavy atom. The van der Waals surface area contributed by atoms with Crippen molar-refractivity contribution >= 4 is 16.9 Å². The van der Waals surface area contributed by atoms with Crippen LogP contribution < -0.4 is 5.32 Å². The van der Waals surface area contributed by atoms with Gasteiger partial charge < -0.3 is 10.1 Å². The first-order valence-electron chi connectivity index (χ1n) is 6.64. The average Bonchev–Trinajstić information content (AvgIpc) is 2.27. The number of carbonyl (C=O) groups excluding carboxylic acids is 1. The van der Waals surface area contributed by atoms with Gasteiger partial charge >= 0.3 is 6.09 Å². The van der Waals surface area contributed by atoms with Crippen molar-refractivity contribution in [1.29, 1.82) is 0 Å². The van der Waals surface area contributed by atoms with Gasteiger partial charge in [-0.15, -0.1) is 10.8 Å². The van der Waals surface area contributed by atoms with Crippen LogP contribution in [0.25, 0.3) is 0 Å². The minimum absolute atomic E-state index is 0.0400. The highest BCUT2D eigenvalue weighted by Gasteiger charge is 2.28. The summed E-state index contributed by atoms with van der Waals surface area (Å²) in [5.74, 6) is 0.344. The Labute approximate surface area is 117 Å². The minimum atomic E-state index is -2.61. The number of nitrogens with one attached hydrogen (secondary N) is 1. The van der Waals surface area contributed by atoms with Crippen LogP contribution in [-0.4, -0.2) is 50.0 Å². The molecule has 0 atom stereocenters. The molecule has 0 aromatic rings. The van der Waals surface area contributed by atoms with E-state index in [-0.39, 0.29) is 6.04 Å². The van der Waals surface area contributed by atoms with Crippen LogP contribution in [0.5, 0.6) is 0 Å². The topological polar surface area (TPSA) is 82.0 Å². The van der Waals surface area contributed by atoms with E-state index in [4.69, 9.17) is 4.74 Å². The van der Waals surface area contributed by atoms with E-state index in [1.165, 1.54) is 0 Å². The van der Waals surface area contributed by atoms with E-state index < -0.39 is 22.5 Å². The van der Waals surface area contributed by atoms with Crippen LogP contribution in [-0.2, 0) is 4.74 Å². The summed E-state index contributed by atoms with van der Waals surface area (Å²) >= 11 is 0. The second-order valence-corrected chi connectivity index (χ2v) is 8.13. The lowest BCUT2D eigenvalue weighted by Crippen LogP contribution is -2.46. The lowest BCUT2D eigenvalue weighted by atomic mass is 10.1. The Morgan fingerprint density at radius 3 is 2.32 bits per heavy atom. The summed E-state index contributed by atoms with van der Waals surface area (Å²) in [5, 5.41) is 2.82. The van der Waals surface area contributed by atoms with Crippen molar-refractivity contribution in [3.05, 3.63) is 0 Å². The van der Waals surface area contributed by atoms with Crippen LogP contribution in [0.4, 0.5) is 4.79 Å². The molecule has 0 saturated carbocycles. The van der Waals surface area contributed by atoms with Crippen LogP contribution in [0.1, 0.15) is 40.5 Å². The van der Waals surface area contributed by atoms with Crippen molar-refractivity contribution in [2.24, 2.45) is 0 Å². The Kier molecular flexibility index (Phi) is 5.49. The molecule has 0 bridgehead atoms. The highest BCUT2D eigenvalue weighted by molar-refractivity contribution is 8.22. The molecule has 1 fully saturated rings. The van der Waals surface area contributed by atoms with Gasteiger partial charge in [0.25, 0.3) is 0 Å². The highest BCUT2D eigenvalue weighted by atomic mass is 32.3. The number of piperidine rings is 1. The summed E-state index contributed by atoms with van der Waals surface area (Å²) in [4.78, 5) is 11.6. The molecule has 0 spiro atoms. The van der Waals surface area contributed by atoms with E-state index in [9.17, 15) is 13.9 Å². The molecule has 0 aromatic heterocycles. The van der Waals surface area contributed by atoms with E-state index in [1.807, 2.05) is 20.8 Å². The predicted octanol–water partition coefficient (Wildman–Crippen LogP) is 2.66. The third-order valence-electron chi connectivity index (χ3n) is 2.98. The third-order valence-corrected chi connectivity index (χ3v) is 4.94. The molecule has 1 aliphatic rings. The van der Waals surface area contributed by atoms with Gasteiger partial charge in [-0.1, -0.05) is 0 Å². The highest BCUT2D eigenvalue weighted by Crippen LogP contribution is 2.43. The van der Waals surface area contributed by atoms with Gasteiger partial charge in [-0.2, -0.15) is 0 Å². The first-order valence-corrected chi connectivity index (χ1v) is 8.32. The summed E-state index contributed by atoms with van der Waals surface area (Å²) in [6.07, 6.45) is 0.998. The van der Waals surface area contributed by atoms with Crippen molar-refractivity contribution in [2.75, 3.05) is 18.8 Å². The van der Waals surface area contributed by atoms with Crippen LogP contribution in [0.2, 0.25) is 0 Å². The zero-order valence-corrected chi connectivity index (χ0v) is 13.0. The quantitative estimate of drug-likeness (QED) is 0.745. The number of amides is 1. The predicted molar refractivity (Wildman–Crippen MR) is 77.4 cm³/mol. The molecule has 19 heavy (non-hydrogen) atoms. The monoisotopic (exact) mass is 294 g/mol. The molecule has 0 radical (unpaired) electrons. The Balaban J connectivity index is 2.37. The molecule has 114 valence electrons. The molecule has 1 rings (SSSR count).